The maximum atomic E-state index is 12.1. The minimum Gasteiger partial charge on any atom is -0.481 e. The number of aliphatic carboxylic acids is 1. The number of hydrogen-bond acceptors (Lipinski definition) is 4. The summed E-state index contributed by atoms with van der Waals surface area (Å²) in [6.07, 6.45) is 1.57. The van der Waals surface area contributed by atoms with Crippen molar-refractivity contribution < 1.29 is 19.4 Å². The second-order valence-corrected chi connectivity index (χ2v) is 5.56. The first kappa shape index (κ1) is 14.1. The maximum Gasteiger partial charge on any atom is 0.317 e. The molecular formula is C12H21N3O4. The van der Waals surface area contributed by atoms with Crippen molar-refractivity contribution in [2.45, 2.75) is 31.8 Å². The van der Waals surface area contributed by atoms with Crippen LogP contribution in [0.4, 0.5) is 4.79 Å². The fourth-order valence-corrected chi connectivity index (χ4v) is 2.43. The van der Waals surface area contributed by atoms with Crippen LogP contribution >= 0.6 is 0 Å². The van der Waals surface area contributed by atoms with Crippen LogP contribution in [-0.4, -0.2) is 60.4 Å². The zero-order valence-corrected chi connectivity index (χ0v) is 11.1. The molecule has 0 aromatic heterocycles. The molecule has 2 saturated heterocycles. The number of carbonyl (C=O) groups excluding carboxylic acids is 1. The van der Waals surface area contributed by atoms with Gasteiger partial charge in [-0.25, -0.2) is 4.79 Å². The quantitative estimate of drug-likeness (QED) is 0.634. The lowest BCUT2D eigenvalue weighted by atomic mass is 9.85. The van der Waals surface area contributed by atoms with Crippen LogP contribution in [0.25, 0.3) is 0 Å². The molecular weight excluding hydrogens is 250 g/mol. The van der Waals surface area contributed by atoms with Crippen LogP contribution in [0, 0.1) is 5.41 Å². The minimum atomic E-state index is -1.05. The highest BCUT2D eigenvalue weighted by molar-refractivity contribution is 5.79. The molecule has 7 heteroatoms. The Morgan fingerprint density at radius 2 is 2.05 bits per heavy atom. The number of amides is 2. The molecule has 0 saturated carbocycles. The van der Waals surface area contributed by atoms with E-state index >= 15 is 0 Å². The number of rotatable bonds is 2. The summed E-state index contributed by atoms with van der Waals surface area (Å²) in [4.78, 5) is 25.1. The lowest BCUT2D eigenvalue weighted by Gasteiger charge is -2.33. The van der Waals surface area contributed by atoms with Gasteiger partial charge in [-0.2, -0.15) is 0 Å². The van der Waals surface area contributed by atoms with Crippen LogP contribution in [0.15, 0.2) is 0 Å². The zero-order chi connectivity index (χ0) is 14.0. The second kappa shape index (κ2) is 5.34. The standard InChI is InChI=1S/C12H21N3O4/c1-12(10(16)17)7-19-6-9(12)14-11(18)15-4-2-8(13)3-5-15/h8-9H,2-7,13H2,1H3,(H,14,18)(H,16,17). The Labute approximate surface area is 112 Å². The predicted molar refractivity (Wildman–Crippen MR) is 67.7 cm³/mol. The van der Waals surface area contributed by atoms with E-state index in [1.165, 1.54) is 0 Å². The molecule has 2 aliphatic rings. The van der Waals surface area contributed by atoms with Crippen molar-refractivity contribution in [2.75, 3.05) is 26.3 Å². The molecule has 0 bridgehead atoms. The molecule has 2 unspecified atom stereocenters. The fourth-order valence-electron chi connectivity index (χ4n) is 2.43. The molecule has 0 aliphatic carbocycles. The van der Waals surface area contributed by atoms with Gasteiger partial charge in [-0.05, 0) is 19.8 Å². The highest BCUT2D eigenvalue weighted by atomic mass is 16.5. The smallest absolute Gasteiger partial charge is 0.317 e. The minimum absolute atomic E-state index is 0.123. The molecule has 19 heavy (non-hydrogen) atoms. The second-order valence-electron chi connectivity index (χ2n) is 5.56. The molecule has 0 spiro atoms. The first-order chi connectivity index (χ1) is 8.93. The van der Waals surface area contributed by atoms with Crippen LogP contribution in [0.5, 0.6) is 0 Å². The molecule has 2 amide bonds. The number of carboxylic acid groups (broad SMARTS) is 1. The van der Waals surface area contributed by atoms with Gasteiger partial charge in [-0.15, -0.1) is 0 Å². The van der Waals surface area contributed by atoms with E-state index in [0.29, 0.717) is 13.1 Å². The number of carbonyl (C=O) groups is 2. The number of urea groups is 1. The topological polar surface area (TPSA) is 105 Å². The van der Waals surface area contributed by atoms with Gasteiger partial charge in [0.15, 0.2) is 0 Å². The average Bonchev–Trinajstić information content (AvgIpc) is 2.73. The summed E-state index contributed by atoms with van der Waals surface area (Å²) >= 11 is 0. The van der Waals surface area contributed by atoms with Crippen molar-refractivity contribution >= 4 is 12.0 Å². The molecule has 108 valence electrons. The van der Waals surface area contributed by atoms with Crippen molar-refractivity contribution in [2.24, 2.45) is 11.1 Å². The summed E-state index contributed by atoms with van der Waals surface area (Å²) in [5, 5.41) is 12.0. The van der Waals surface area contributed by atoms with Crippen molar-refractivity contribution in [1.29, 1.82) is 0 Å². The monoisotopic (exact) mass is 271 g/mol. The van der Waals surface area contributed by atoms with Crippen molar-refractivity contribution in [3.05, 3.63) is 0 Å². The van der Waals surface area contributed by atoms with Crippen LogP contribution in [-0.2, 0) is 9.53 Å². The number of piperidine rings is 1. The van der Waals surface area contributed by atoms with Crippen molar-refractivity contribution in [3.8, 4) is 0 Å². The first-order valence-electron chi connectivity index (χ1n) is 6.55. The molecule has 0 aromatic rings. The summed E-state index contributed by atoms with van der Waals surface area (Å²) in [6, 6.07) is -0.564. The lowest BCUT2D eigenvalue weighted by molar-refractivity contribution is -0.148. The highest BCUT2D eigenvalue weighted by Gasteiger charge is 2.47. The number of nitrogens with one attached hydrogen (secondary N) is 1. The third-order valence-corrected chi connectivity index (χ3v) is 4.07. The van der Waals surface area contributed by atoms with Crippen molar-refractivity contribution in [3.63, 3.8) is 0 Å². The predicted octanol–water partition coefficient (Wildman–Crippen LogP) is -0.391. The van der Waals surface area contributed by atoms with Gasteiger partial charge in [0.1, 0.15) is 5.41 Å². The molecule has 0 aromatic carbocycles. The fraction of sp³-hybridized carbons (Fsp3) is 0.833. The third-order valence-electron chi connectivity index (χ3n) is 4.07. The molecule has 2 aliphatic heterocycles. The van der Waals surface area contributed by atoms with Gasteiger partial charge in [0.2, 0.25) is 0 Å². The Bertz CT molecular complexity index is 368. The van der Waals surface area contributed by atoms with Gasteiger partial charge in [0.05, 0.1) is 19.3 Å². The number of nitrogens with zero attached hydrogens (tertiary/aromatic N) is 1. The molecule has 2 atom stereocenters. The zero-order valence-electron chi connectivity index (χ0n) is 11.1. The number of nitrogens with two attached hydrogens (primary N) is 1. The number of ether oxygens (including phenoxy) is 1. The van der Waals surface area contributed by atoms with E-state index in [1.807, 2.05) is 0 Å². The van der Waals surface area contributed by atoms with Crippen LogP contribution < -0.4 is 11.1 Å². The summed E-state index contributed by atoms with van der Waals surface area (Å²) < 4.78 is 5.21. The highest BCUT2D eigenvalue weighted by Crippen LogP contribution is 2.28. The summed E-state index contributed by atoms with van der Waals surface area (Å²) in [5.41, 5.74) is 4.73. The van der Waals surface area contributed by atoms with Crippen LogP contribution in [0.1, 0.15) is 19.8 Å². The SMILES string of the molecule is CC1(C(=O)O)COCC1NC(=O)N1CCC(N)CC1. The average molecular weight is 271 g/mol. The Balaban J connectivity index is 1.93. The van der Waals surface area contributed by atoms with E-state index in [9.17, 15) is 14.7 Å². The van der Waals surface area contributed by atoms with Gasteiger partial charge in [0, 0.05) is 19.1 Å². The summed E-state index contributed by atoms with van der Waals surface area (Å²) in [7, 11) is 0. The molecule has 0 radical (unpaired) electrons. The Hall–Kier alpha value is -1.34. The largest absolute Gasteiger partial charge is 0.481 e. The molecule has 2 heterocycles. The van der Waals surface area contributed by atoms with E-state index in [4.69, 9.17) is 10.5 Å². The van der Waals surface area contributed by atoms with Gasteiger partial charge in [0.25, 0.3) is 0 Å². The molecule has 2 rings (SSSR count). The van der Waals surface area contributed by atoms with E-state index in [1.54, 1.807) is 11.8 Å². The van der Waals surface area contributed by atoms with Crippen molar-refractivity contribution in [1.82, 2.24) is 10.2 Å². The maximum absolute atomic E-state index is 12.1. The summed E-state index contributed by atoms with van der Waals surface area (Å²) in [5.74, 6) is -0.948. The molecule has 7 nitrogen and oxygen atoms in total. The van der Waals surface area contributed by atoms with Gasteiger partial charge in [-0.3, -0.25) is 4.79 Å². The molecule has 2 fully saturated rings. The van der Waals surface area contributed by atoms with E-state index in [2.05, 4.69) is 5.32 Å². The third kappa shape index (κ3) is 2.82. The Morgan fingerprint density at radius 3 is 2.63 bits per heavy atom. The Morgan fingerprint density at radius 1 is 1.42 bits per heavy atom. The normalized spacial score (nSPS) is 32.3. The van der Waals surface area contributed by atoms with E-state index < -0.39 is 17.4 Å². The first-order valence-corrected chi connectivity index (χ1v) is 6.55. The van der Waals surface area contributed by atoms with Gasteiger partial charge in [-0.1, -0.05) is 0 Å². The van der Waals surface area contributed by atoms with Gasteiger partial charge < -0.3 is 25.8 Å². The number of carboxylic acids is 1. The number of hydrogen-bond donors (Lipinski definition) is 3. The summed E-state index contributed by atoms with van der Waals surface area (Å²) in [6.45, 7) is 3.19. The lowest BCUT2D eigenvalue weighted by Crippen LogP contribution is -2.55. The Kier molecular flexibility index (Phi) is 3.96. The van der Waals surface area contributed by atoms with Crippen LogP contribution in [0.2, 0.25) is 0 Å². The van der Waals surface area contributed by atoms with Gasteiger partial charge >= 0.3 is 12.0 Å². The van der Waals surface area contributed by atoms with E-state index in [0.717, 1.165) is 12.8 Å². The molecule has 4 N–H and O–H groups in total. The van der Waals surface area contributed by atoms with Crippen LogP contribution in [0.3, 0.4) is 0 Å². The van der Waals surface area contributed by atoms with E-state index in [-0.39, 0.29) is 25.3 Å². The number of likely N-dealkylation sites (tertiary alicyclic amines) is 1.